The van der Waals surface area contributed by atoms with Crippen molar-refractivity contribution in [3.63, 3.8) is 0 Å². The fraction of sp³-hybridized carbons (Fsp3) is 0.562. The van der Waals surface area contributed by atoms with Gasteiger partial charge in [0.1, 0.15) is 0 Å². The Balaban J connectivity index is 1.32. The summed E-state index contributed by atoms with van der Waals surface area (Å²) in [5, 5.41) is 17.4. The molecule has 1 aliphatic heterocycles. The topological polar surface area (TPSA) is 85.2 Å². The SMILES string of the molecule is c1nc(CN2CCC(c3nnc4ccc(C5CC5)nn34)CC2)no1. The van der Waals surface area contributed by atoms with Crippen LogP contribution in [-0.2, 0) is 6.54 Å². The van der Waals surface area contributed by atoms with Crippen LogP contribution < -0.4 is 0 Å². The van der Waals surface area contributed by atoms with E-state index in [4.69, 9.17) is 9.62 Å². The van der Waals surface area contributed by atoms with Crippen LogP contribution in [0.1, 0.15) is 54.9 Å². The number of hydrogen-bond donors (Lipinski definition) is 0. The second-order valence-corrected chi connectivity index (χ2v) is 6.76. The molecule has 0 amide bonds. The first-order valence-corrected chi connectivity index (χ1v) is 8.56. The quantitative estimate of drug-likeness (QED) is 0.722. The Kier molecular flexibility index (Phi) is 3.29. The largest absolute Gasteiger partial charge is 0.343 e. The third-order valence-corrected chi connectivity index (χ3v) is 5.03. The minimum Gasteiger partial charge on any atom is -0.343 e. The second kappa shape index (κ2) is 5.62. The Morgan fingerprint density at radius 2 is 1.92 bits per heavy atom. The second-order valence-electron chi connectivity index (χ2n) is 6.76. The molecule has 1 saturated heterocycles. The van der Waals surface area contributed by atoms with Crippen LogP contribution in [-0.4, -0.2) is 47.9 Å². The Hall–Kier alpha value is -2.35. The molecule has 2 fully saturated rings. The average molecular weight is 325 g/mol. The number of rotatable bonds is 4. The van der Waals surface area contributed by atoms with Crippen molar-refractivity contribution in [3.05, 3.63) is 35.9 Å². The Bertz CT molecular complexity index is 831. The molecule has 8 nitrogen and oxygen atoms in total. The fourth-order valence-electron chi connectivity index (χ4n) is 3.48. The molecule has 1 aliphatic carbocycles. The number of fused-ring (bicyclic) bond motifs is 1. The Morgan fingerprint density at radius 3 is 2.67 bits per heavy atom. The standard InChI is InChI=1S/C16H19N7O/c1-2-11(1)13-3-4-15-18-19-16(23(15)20-13)12-5-7-22(8-6-12)9-14-17-10-24-21-14/h3-4,10-12H,1-2,5-9H2. The van der Waals surface area contributed by atoms with Crippen LogP contribution in [0.5, 0.6) is 0 Å². The summed E-state index contributed by atoms with van der Waals surface area (Å²) >= 11 is 0. The summed E-state index contributed by atoms with van der Waals surface area (Å²) in [7, 11) is 0. The van der Waals surface area contributed by atoms with Gasteiger partial charge in [-0.15, -0.1) is 10.2 Å². The molecule has 124 valence electrons. The van der Waals surface area contributed by atoms with Gasteiger partial charge in [0, 0.05) is 11.8 Å². The predicted molar refractivity (Wildman–Crippen MR) is 84.3 cm³/mol. The van der Waals surface area contributed by atoms with Gasteiger partial charge in [0.25, 0.3) is 0 Å². The molecule has 0 unspecified atom stereocenters. The van der Waals surface area contributed by atoms with E-state index in [2.05, 4.69) is 31.3 Å². The number of piperidine rings is 1. The van der Waals surface area contributed by atoms with E-state index in [1.54, 1.807) is 0 Å². The van der Waals surface area contributed by atoms with Crippen molar-refractivity contribution >= 4 is 5.65 Å². The lowest BCUT2D eigenvalue weighted by Crippen LogP contribution is -2.33. The first kappa shape index (κ1) is 14.0. The van der Waals surface area contributed by atoms with Gasteiger partial charge >= 0.3 is 0 Å². The van der Waals surface area contributed by atoms with Crippen molar-refractivity contribution in [1.82, 2.24) is 34.9 Å². The maximum atomic E-state index is 4.80. The van der Waals surface area contributed by atoms with Crippen LogP contribution in [0.4, 0.5) is 0 Å². The van der Waals surface area contributed by atoms with E-state index in [-0.39, 0.29) is 0 Å². The summed E-state index contributed by atoms with van der Waals surface area (Å²) in [4.78, 5) is 6.45. The zero-order valence-corrected chi connectivity index (χ0v) is 13.4. The number of aromatic nitrogens is 6. The first-order valence-electron chi connectivity index (χ1n) is 8.56. The average Bonchev–Trinajstić information content (AvgIpc) is 3.18. The molecule has 0 aromatic carbocycles. The van der Waals surface area contributed by atoms with Crippen molar-refractivity contribution in [2.75, 3.05) is 13.1 Å². The summed E-state index contributed by atoms with van der Waals surface area (Å²) in [5.41, 5.74) is 2.03. The molecule has 2 aliphatic rings. The van der Waals surface area contributed by atoms with E-state index in [1.165, 1.54) is 24.9 Å². The highest BCUT2D eigenvalue weighted by Gasteiger charge is 2.28. The van der Waals surface area contributed by atoms with Gasteiger partial charge in [-0.1, -0.05) is 5.16 Å². The molecular weight excluding hydrogens is 306 g/mol. The van der Waals surface area contributed by atoms with Gasteiger partial charge in [-0.05, 0) is 50.9 Å². The Labute approximate surface area is 138 Å². The monoisotopic (exact) mass is 325 g/mol. The summed E-state index contributed by atoms with van der Waals surface area (Å²) in [5.74, 6) is 2.80. The van der Waals surface area contributed by atoms with Crippen LogP contribution in [0.2, 0.25) is 0 Å². The highest BCUT2D eigenvalue weighted by molar-refractivity contribution is 5.38. The minimum atomic E-state index is 0.406. The van der Waals surface area contributed by atoms with E-state index >= 15 is 0 Å². The van der Waals surface area contributed by atoms with E-state index < -0.39 is 0 Å². The lowest BCUT2D eigenvalue weighted by atomic mass is 9.96. The summed E-state index contributed by atoms with van der Waals surface area (Å²) < 4.78 is 6.77. The normalized spacial score (nSPS) is 20.0. The number of nitrogens with zero attached hydrogens (tertiary/aromatic N) is 7. The van der Waals surface area contributed by atoms with E-state index in [1.807, 2.05) is 10.6 Å². The van der Waals surface area contributed by atoms with Crippen molar-refractivity contribution < 1.29 is 4.52 Å². The van der Waals surface area contributed by atoms with Gasteiger partial charge in [0.15, 0.2) is 17.3 Å². The van der Waals surface area contributed by atoms with E-state index in [0.717, 1.165) is 49.8 Å². The smallest absolute Gasteiger partial charge is 0.213 e. The molecule has 0 atom stereocenters. The molecule has 0 radical (unpaired) electrons. The fourth-order valence-corrected chi connectivity index (χ4v) is 3.48. The van der Waals surface area contributed by atoms with Crippen LogP contribution in [0.3, 0.4) is 0 Å². The summed E-state index contributed by atoms with van der Waals surface area (Å²) in [6, 6.07) is 4.14. The molecule has 3 aromatic heterocycles. The Morgan fingerprint density at radius 1 is 1.04 bits per heavy atom. The minimum absolute atomic E-state index is 0.406. The van der Waals surface area contributed by atoms with Crippen LogP contribution in [0.15, 0.2) is 23.0 Å². The van der Waals surface area contributed by atoms with E-state index in [9.17, 15) is 0 Å². The van der Waals surface area contributed by atoms with Crippen molar-refractivity contribution in [2.24, 2.45) is 0 Å². The molecule has 5 rings (SSSR count). The van der Waals surface area contributed by atoms with Gasteiger partial charge in [0.2, 0.25) is 6.39 Å². The number of likely N-dealkylation sites (tertiary alicyclic amines) is 1. The molecule has 0 N–H and O–H groups in total. The van der Waals surface area contributed by atoms with Crippen LogP contribution in [0.25, 0.3) is 5.65 Å². The molecule has 1 saturated carbocycles. The molecule has 0 spiro atoms. The molecule has 8 heteroatoms. The van der Waals surface area contributed by atoms with Gasteiger partial charge in [-0.2, -0.15) is 14.6 Å². The maximum Gasteiger partial charge on any atom is 0.213 e. The van der Waals surface area contributed by atoms with Crippen LogP contribution >= 0.6 is 0 Å². The first-order chi connectivity index (χ1) is 11.9. The predicted octanol–water partition coefficient (Wildman–Crippen LogP) is 1.76. The van der Waals surface area contributed by atoms with Gasteiger partial charge in [0.05, 0.1) is 12.2 Å². The molecule has 4 heterocycles. The van der Waals surface area contributed by atoms with Gasteiger partial charge in [-0.3, -0.25) is 4.90 Å². The zero-order chi connectivity index (χ0) is 15.9. The van der Waals surface area contributed by atoms with Crippen molar-refractivity contribution in [3.8, 4) is 0 Å². The third kappa shape index (κ3) is 2.56. The molecule has 24 heavy (non-hydrogen) atoms. The number of hydrogen-bond acceptors (Lipinski definition) is 7. The highest BCUT2D eigenvalue weighted by Crippen LogP contribution is 2.39. The maximum absolute atomic E-state index is 4.80. The third-order valence-electron chi connectivity index (χ3n) is 5.03. The lowest BCUT2D eigenvalue weighted by Gasteiger charge is -2.29. The highest BCUT2D eigenvalue weighted by atomic mass is 16.5. The van der Waals surface area contributed by atoms with E-state index in [0.29, 0.717) is 11.8 Å². The van der Waals surface area contributed by atoms with Gasteiger partial charge < -0.3 is 4.52 Å². The van der Waals surface area contributed by atoms with Gasteiger partial charge in [-0.25, -0.2) is 0 Å². The molecular formula is C16H19N7O. The lowest BCUT2D eigenvalue weighted by molar-refractivity contribution is 0.194. The zero-order valence-electron chi connectivity index (χ0n) is 13.4. The van der Waals surface area contributed by atoms with Crippen LogP contribution in [0, 0.1) is 0 Å². The van der Waals surface area contributed by atoms with Crippen molar-refractivity contribution in [1.29, 1.82) is 0 Å². The summed E-state index contributed by atoms with van der Waals surface area (Å²) in [6.07, 6.45) is 5.99. The molecule has 0 bridgehead atoms. The summed E-state index contributed by atoms with van der Waals surface area (Å²) in [6.45, 7) is 2.74. The molecule has 3 aromatic rings. The van der Waals surface area contributed by atoms with Crippen molar-refractivity contribution in [2.45, 2.75) is 44.1 Å².